The smallest absolute Gasteiger partial charge is 0.274 e. The number of methoxy groups -OCH3 is 2. The van der Waals surface area contributed by atoms with Gasteiger partial charge >= 0.3 is 0 Å². The molecule has 1 amide bonds. The topological polar surface area (TPSA) is 102 Å². The lowest BCUT2D eigenvalue weighted by Gasteiger charge is -2.11. The lowest BCUT2D eigenvalue weighted by Crippen LogP contribution is -2.24. The number of hydrogen-bond acceptors (Lipinski definition) is 5. The van der Waals surface area contributed by atoms with Gasteiger partial charge in [0, 0.05) is 24.4 Å². The van der Waals surface area contributed by atoms with Crippen molar-refractivity contribution in [2.45, 2.75) is 6.54 Å². The van der Waals surface area contributed by atoms with Crippen molar-refractivity contribution in [1.82, 2.24) is 15.5 Å². The Hall–Kier alpha value is -2.70. The van der Waals surface area contributed by atoms with Crippen LogP contribution in [0, 0.1) is 0 Å². The Bertz CT molecular complexity index is 609. The number of amides is 1. The number of nitrogen functional groups attached to an aromatic ring is 1. The van der Waals surface area contributed by atoms with E-state index in [2.05, 4.69) is 15.5 Å². The number of ether oxygens (including phenoxy) is 2. The average molecular weight is 276 g/mol. The highest BCUT2D eigenvalue weighted by atomic mass is 16.5. The molecule has 0 radical (unpaired) electrons. The minimum atomic E-state index is -0.346. The third-order valence-electron chi connectivity index (χ3n) is 2.82. The molecule has 20 heavy (non-hydrogen) atoms. The molecule has 0 saturated heterocycles. The first kappa shape index (κ1) is 13.7. The van der Waals surface area contributed by atoms with Crippen LogP contribution in [0.2, 0.25) is 0 Å². The summed E-state index contributed by atoms with van der Waals surface area (Å²) >= 11 is 0. The first-order valence-electron chi connectivity index (χ1n) is 5.94. The number of carbonyl (C=O) groups excluding carboxylic acids is 1. The van der Waals surface area contributed by atoms with Crippen LogP contribution < -0.4 is 20.5 Å². The first-order chi connectivity index (χ1) is 9.65. The third kappa shape index (κ3) is 2.82. The number of nitrogens with zero attached hydrogens (tertiary/aromatic N) is 1. The van der Waals surface area contributed by atoms with Gasteiger partial charge in [0.25, 0.3) is 5.91 Å². The van der Waals surface area contributed by atoms with E-state index in [1.807, 2.05) is 6.07 Å². The van der Waals surface area contributed by atoms with Gasteiger partial charge in [-0.15, -0.1) is 0 Å². The van der Waals surface area contributed by atoms with Crippen LogP contribution in [-0.2, 0) is 6.54 Å². The summed E-state index contributed by atoms with van der Waals surface area (Å²) in [6.07, 6.45) is 1.46. The van der Waals surface area contributed by atoms with Gasteiger partial charge in [-0.3, -0.25) is 9.89 Å². The Balaban J connectivity index is 2.07. The number of aromatic nitrogens is 2. The van der Waals surface area contributed by atoms with Crippen molar-refractivity contribution in [2.75, 3.05) is 20.0 Å². The predicted molar refractivity (Wildman–Crippen MR) is 73.7 cm³/mol. The number of carbonyl (C=O) groups is 1. The second-order valence-corrected chi connectivity index (χ2v) is 4.05. The number of aromatic amines is 1. The zero-order valence-electron chi connectivity index (χ0n) is 11.3. The molecule has 106 valence electrons. The Morgan fingerprint density at radius 1 is 1.40 bits per heavy atom. The van der Waals surface area contributed by atoms with Gasteiger partial charge in [0.1, 0.15) is 11.5 Å². The van der Waals surface area contributed by atoms with Gasteiger partial charge in [0.15, 0.2) is 5.69 Å². The molecule has 2 rings (SSSR count). The maximum Gasteiger partial charge on any atom is 0.274 e. The summed E-state index contributed by atoms with van der Waals surface area (Å²) in [5.41, 5.74) is 6.93. The predicted octanol–water partition coefficient (Wildman–Crippen LogP) is 0.939. The lowest BCUT2D eigenvalue weighted by atomic mass is 10.2. The molecule has 0 atom stereocenters. The standard InChI is InChI=1S/C13H16N4O3/c1-19-9-4-3-8(11(5-9)20-2)6-15-13(18)12-10(14)7-16-17-12/h3-5,7H,6,14H2,1-2H3,(H,15,18)(H,16,17). The molecule has 0 aliphatic heterocycles. The zero-order valence-corrected chi connectivity index (χ0v) is 11.3. The van der Waals surface area contributed by atoms with Gasteiger partial charge in [0.2, 0.25) is 0 Å². The van der Waals surface area contributed by atoms with Gasteiger partial charge in [0.05, 0.1) is 19.9 Å². The van der Waals surface area contributed by atoms with E-state index in [-0.39, 0.29) is 11.6 Å². The molecule has 0 saturated carbocycles. The van der Waals surface area contributed by atoms with Crippen molar-refractivity contribution in [1.29, 1.82) is 0 Å². The summed E-state index contributed by atoms with van der Waals surface area (Å²) in [5.74, 6) is 0.981. The second-order valence-electron chi connectivity index (χ2n) is 4.05. The normalized spacial score (nSPS) is 10.1. The average Bonchev–Trinajstić information content (AvgIpc) is 2.90. The lowest BCUT2D eigenvalue weighted by molar-refractivity contribution is 0.0946. The van der Waals surface area contributed by atoms with Crippen molar-refractivity contribution >= 4 is 11.6 Å². The number of nitrogens with two attached hydrogens (primary N) is 1. The second kappa shape index (κ2) is 5.96. The molecule has 1 aromatic heterocycles. The van der Waals surface area contributed by atoms with Crippen LogP contribution >= 0.6 is 0 Å². The van der Waals surface area contributed by atoms with E-state index >= 15 is 0 Å². The molecule has 0 bridgehead atoms. The molecule has 4 N–H and O–H groups in total. The van der Waals surface area contributed by atoms with E-state index in [0.717, 1.165) is 5.56 Å². The SMILES string of the molecule is COc1ccc(CNC(=O)c2n[nH]cc2N)c(OC)c1. The van der Waals surface area contributed by atoms with Crippen LogP contribution in [0.25, 0.3) is 0 Å². The highest BCUT2D eigenvalue weighted by molar-refractivity contribution is 5.96. The Morgan fingerprint density at radius 2 is 2.20 bits per heavy atom. The van der Waals surface area contributed by atoms with Gasteiger partial charge in [-0.1, -0.05) is 0 Å². The zero-order chi connectivity index (χ0) is 14.5. The molecule has 2 aromatic rings. The van der Waals surface area contributed by atoms with Crippen molar-refractivity contribution in [2.24, 2.45) is 0 Å². The van der Waals surface area contributed by atoms with Gasteiger partial charge in [-0.2, -0.15) is 5.10 Å². The third-order valence-corrected chi connectivity index (χ3v) is 2.82. The van der Waals surface area contributed by atoms with Gasteiger partial charge in [-0.25, -0.2) is 0 Å². The van der Waals surface area contributed by atoms with Crippen molar-refractivity contribution < 1.29 is 14.3 Å². The van der Waals surface area contributed by atoms with Crippen LogP contribution in [0.15, 0.2) is 24.4 Å². The number of hydrogen-bond donors (Lipinski definition) is 3. The molecular formula is C13H16N4O3. The monoisotopic (exact) mass is 276 g/mol. The fourth-order valence-corrected chi connectivity index (χ4v) is 1.74. The number of nitrogens with one attached hydrogen (secondary N) is 2. The van der Waals surface area contributed by atoms with E-state index in [9.17, 15) is 4.79 Å². The van der Waals surface area contributed by atoms with Crippen molar-refractivity contribution in [3.8, 4) is 11.5 Å². The number of benzene rings is 1. The van der Waals surface area contributed by atoms with Crippen LogP contribution in [0.1, 0.15) is 16.1 Å². The van der Waals surface area contributed by atoms with Crippen LogP contribution in [-0.4, -0.2) is 30.3 Å². The highest BCUT2D eigenvalue weighted by Gasteiger charge is 2.13. The molecule has 0 aliphatic rings. The summed E-state index contributed by atoms with van der Waals surface area (Å²) in [5, 5.41) is 9.05. The Labute approximate surface area is 116 Å². The summed E-state index contributed by atoms with van der Waals surface area (Å²) < 4.78 is 10.4. The maximum absolute atomic E-state index is 11.9. The first-order valence-corrected chi connectivity index (χ1v) is 5.94. The van der Waals surface area contributed by atoms with Gasteiger partial charge in [-0.05, 0) is 12.1 Å². The fraction of sp³-hybridized carbons (Fsp3) is 0.231. The minimum Gasteiger partial charge on any atom is -0.497 e. The Morgan fingerprint density at radius 3 is 2.80 bits per heavy atom. The molecule has 0 spiro atoms. The van der Waals surface area contributed by atoms with E-state index in [0.29, 0.717) is 23.7 Å². The molecule has 7 nitrogen and oxygen atoms in total. The summed E-state index contributed by atoms with van der Waals surface area (Å²) in [6.45, 7) is 0.304. The molecule has 0 unspecified atom stereocenters. The Kier molecular flexibility index (Phi) is 4.09. The molecule has 0 aliphatic carbocycles. The summed E-state index contributed by atoms with van der Waals surface area (Å²) in [7, 11) is 3.14. The van der Waals surface area contributed by atoms with Crippen molar-refractivity contribution in [3.63, 3.8) is 0 Å². The summed E-state index contributed by atoms with van der Waals surface area (Å²) in [4.78, 5) is 11.9. The molecule has 0 fully saturated rings. The van der Waals surface area contributed by atoms with Gasteiger partial charge < -0.3 is 20.5 Å². The van der Waals surface area contributed by atoms with E-state index in [4.69, 9.17) is 15.2 Å². The largest absolute Gasteiger partial charge is 0.497 e. The molecule has 7 heteroatoms. The van der Waals surface area contributed by atoms with E-state index in [1.54, 1.807) is 26.4 Å². The van der Waals surface area contributed by atoms with E-state index < -0.39 is 0 Å². The summed E-state index contributed by atoms with van der Waals surface area (Å²) in [6, 6.07) is 5.38. The number of H-pyrrole nitrogens is 1. The maximum atomic E-state index is 11.9. The van der Waals surface area contributed by atoms with E-state index in [1.165, 1.54) is 6.20 Å². The van der Waals surface area contributed by atoms with Crippen LogP contribution in [0.4, 0.5) is 5.69 Å². The minimum absolute atomic E-state index is 0.178. The molecular weight excluding hydrogens is 260 g/mol. The number of rotatable bonds is 5. The molecule has 1 heterocycles. The number of anilines is 1. The quantitative estimate of drug-likeness (QED) is 0.754. The van der Waals surface area contributed by atoms with Crippen LogP contribution in [0.3, 0.4) is 0 Å². The fourth-order valence-electron chi connectivity index (χ4n) is 1.74. The van der Waals surface area contributed by atoms with Crippen LogP contribution in [0.5, 0.6) is 11.5 Å². The molecule has 1 aromatic carbocycles. The highest BCUT2D eigenvalue weighted by Crippen LogP contribution is 2.24. The van der Waals surface area contributed by atoms with Crippen molar-refractivity contribution in [3.05, 3.63) is 35.7 Å².